The van der Waals surface area contributed by atoms with Gasteiger partial charge in [0.25, 0.3) is 20.0 Å². The normalized spacial score (nSPS) is 13.0. The van der Waals surface area contributed by atoms with Crippen LogP contribution in [-0.4, -0.2) is 61.4 Å². The SMILES string of the molecule is Cc1ccc(S(=O)(=O)N(CC#CC(CC(C)C)N(C(=O)OC(C)(C)C)S(=O)(=O)c2ccc(C)cc2)C(=O)OC(C)(C)C)cc1. The number of sulfonamides is 2. The van der Waals surface area contributed by atoms with Crippen molar-refractivity contribution in [2.45, 2.75) is 103 Å². The van der Waals surface area contributed by atoms with E-state index in [0.29, 0.717) is 8.61 Å². The van der Waals surface area contributed by atoms with Crippen molar-refractivity contribution in [1.82, 2.24) is 8.61 Å². The van der Waals surface area contributed by atoms with Gasteiger partial charge in [-0.05, 0) is 92.0 Å². The van der Waals surface area contributed by atoms with E-state index in [1.54, 1.807) is 79.7 Å². The predicted molar refractivity (Wildman–Crippen MR) is 169 cm³/mol. The summed E-state index contributed by atoms with van der Waals surface area (Å²) in [4.78, 5) is 26.3. The Morgan fingerprint density at radius 3 is 1.55 bits per heavy atom. The predicted octanol–water partition coefficient (Wildman–Crippen LogP) is 6.27. The van der Waals surface area contributed by atoms with Crippen LogP contribution in [0.3, 0.4) is 0 Å². The molecule has 0 aliphatic rings. The topological polar surface area (TPSA) is 127 Å². The molecule has 0 aliphatic carbocycles. The van der Waals surface area contributed by atoms with E-state index in [2.05, 4.69) is 11.8 Å². The lowest BCUT2D eigenvalue weighted by Gasteiger charge is -2.31. The summed E-state index contributed by atoms with van der Waals surface area (Å²) in [5, 5.41) is 0. The van der Waals surface area contributed by atoms with Gasteiger partial charge in [-0.2, -0.15) is 8.61 Å². The van der Waals surface area contributed by atoms with Gasteiger partial charge in [0, 0.05) is 0 Å². The van der Waals surface area contributed by atoms with Crippen LogP contribution in [0.15, 0.2) is 58.3 Å². The summed E-state index contributed by atoms with van der Waals surface area (Å²) in [5.41, 5.74) is -0.394. The molecule has 0 saturated heterocycles. The lowest BCUT2D eigenvalue weighted by Crippen LogP contribution is -2.47. The highest BCUT2D eigenvalue weighted by atomic mass is 32.2. The Bertz CT molecular complexity index is 1590. The molecular weight excluding hydrogens is 604 g/mol. The number of nitrogens with zero attached hydrogens (tertiary/aromatic N) is 2. The summed E-state index contributed by atoms with van der Waals surface area (Å²) in [5.74, 6) is 5.29. The number of benzene rings is 2. The van der Waals surface area contributed by atoms with E-state index in [-0.39, 0.29) is 22.1 Å². The molecule has 2 amide bonds. The largest absolute Gasteiger partial charge is 0.443 e. The molecule has 0 aliphatic heterocycles. The maximum absolute atomic E-state index is 13.9. The molecule has 0 heterocycles. The minimum atomic E-state index is -4.47. The van der Waals surface area contributed by atoms with Crippen LogP contribution in [0.25, 0.3) is 0 Å². The van der Waals surface area contributed by atoms with Crippen LogP contribution >= 0.6 is 0 Å². The van der Waals surface area contributed by atoms with Crippen LogP contribution in [0.1, 0.15) is 72.9 Å². The van der Waals surface area contributed by atoms with Gasteiger partial charge < -0.3 is 9.47 Å². The van der Waals surface area contributed by atoms with E-state index in [1.165, 1.54) is 24.3 Å². The van der Waals surface area contributed by atoms with Crippen LogP contribution in [-0.2, 0) is 29.5 Å². The summed E-state index contributed by atoms with van der Waals surface area (Å²) in [7, 11) is -8.88. The molecule has 1 atom stereocenters. The highest BCUT2D eigenvalue weighted by Gasteiger charge is 2.39. The molecule has 0 saturated carbocycles. The van der Waals surface area contributed by atoms with Crippen molar-refractivity contribution >= 4 is 32.2 Å². The van der Waals surface area contributed by atoms with E-state index in [4.69, 9.17) is 9.47 Å². The van der Waals surface area contributed by atoms with Crippen LogP contribution in [0.4, 0.5) is 9.59 Å². The second-order valence-corrected chi connectivity index (χ2v) is 16.5. The van der Waals surface area contributed by atoms with Gasteiger partial charge in [0.15, 0.2) is 0 Å². The number of carbonyl (C=O) groups is 2. The van der Waals surface area contributed by atoms with Gasteiger partial charge in [-0.25, -0.2) is 26.4 Å². The van der Waals surface area contributed by atoms with Crippen LogP contribution in [0.5, 0.6) is 0 Å². The fourth-order valence-electron chi connectivity index (χ4n) is 3.82. The van der Waals surface area contributed by atoms with Gasteiger partial charge in [-0.1, -0.05) is 61.1 Å². The number of carbonyl (C=O) groups excluding carboxylic acids is 2. The van der Waals surface area contributed by atoms with Gasteiger partial charge in [-0.3, -0.25) is 0 Å². The minimum Gasteiger partial charge on any atom is -0.443 e. The molecule has 1 unspecified atom stereocenters. The summed E-state index contributed by atoms with van der Waals surface area (Å²) in [6.07, 6.45) is -2.17. The summed E-state index contributed by atoms with van der Waals surface area (Å²) in [6.45, 7) is 16.2. The quantitative estimate of drug-likeness (QED) is 0.307. The molecule has 0 spiro atoms. The van der Waals surface area contributed by atoms with Gasteiger partial charge in [0.2, 0.25) is 0 Å². The fourth-order valence-corrected chi connectivity index (χ4v) is 6.43. The zero-order valence-electron chi connectivity index (χ0n) is 27.2. The van der Waals surface area contributed by atoms with E-state index in [9.17, 15) is 26.4 Å². The van der Waals surface area contributed by atoms with Crippen molar-refractivity contribution in [3.05, 3.63) is 59.7 Å². The van der Waals surface area contributed by atoms with Crippen LogP contribution in [0, 0.1) is 31.6 Å². The smallest absolute Gasteiger partial charge is 0.425 e. The molecule has 0 aromatic heterocycles. The number of hydrogen-bond donors (Lipinski definition) is 0. The second-order valence-electron chi connectivity index (χ2n) is 12.9. The molecule has 44 heavy (non-hydrogen) atoms. The summed E-state index contributed by atoms with van der Waals surface area (Å²) in [6, 6.07) is 10.7. The molecule has 2 aromatic rings. The minimum absolute atomic E-state index is 0.106. The molecule has 2 rings (SSSR count). The van der Waals surface area contributed by atoms with Crippen molar-refractivity contribution in [2.75, 3.05) is 6.54 Å². The number of amides is 2. The van der Waals surface area contributed by atoms with Crippen LogP contribution < -0.4 is 0 Å². The van der Waals surface area contributed by atoms with E-state index in [1.807, 2.05) is 13.8 Å². The summed E-state index contributed by atoms with van der Waals surface area (Å²) >= 11 is 0. The van der Waals surface area contributed by atoms with Gasteiger partial charge in [0.05, 0.1) is 9.79 Å². The third kappa shape index (κ3) is 10.3. The van der Waals surface area contributed by atoms with E-state index >= 15 is 0 Å². The Balaban J connectivity index is 2.67. The second kappa shape index (κ2) is 14.0. The molecule has 12 heteroatoms. The lowest BCUT2D eigenvalue weighted by molar-refractivity contribution is 0.0351. The third-order valence-electron chi connectivity index (χ3n) is 5.83. The Hall–Kier alpha value is -3.56. The maximum Gasteiger partial charge on any atom is 0.425 e. The maximum atomic E-state index is 13.9. The monoisotopic (exact) mass is 648 g/mol. The first-order valence-corrected chi connectivity index (χ1v) is 17.1. The average Bonchev–Trinajstić information content (AvgIpc) is 2.84. The number of hydrogen-bond acceptors (Lipinski definition) is 8. The number of aryl methyl sites for hydroxylation is 2. The van der Waals surface area contributed by atoms with Gasteiger partial charge in [0.1, 0.15) is 23.8 Å². The Labute approximate surface area is 262 Å². The fraction of sp³-hybridized carbons (Fsp3) is 0.500. The first-order chi connectivity index (χ1) is 20.0. The van der Waals surface area contributed by atoms with Crippen molar-refractivity contribution in [2.24, 2.45) is 5.92 Å². The number of rotatable bonds is 8. The van der Waals surface area contributed by atoms with Gasteiger partial charge in [-0.15, -0.1) is 0 Å². The molecule has 0 bridgehead atoms. The molecular formula is C32H44N2O8S2. The standard InChI is InChI=1S/C32H44N2O8S2/c1-23(2)22-26(34(30(36)42-32(8,9)10)44(39,40)28-19-15-25(4)16-20-28)12-11-21-33(29(35)41-31(5,6)7)43(37,38)27-17-13-24(3)14-18-27/h13-20,23,26H,21-22H2,1-10H3. The van der Waals surface area contributed by atoms with Crippen molar-refractivity contribution in [3.8, 4) is 11.8 Å². The first-order valence-electron chi connectivity index (χ1n) is 14.2. The highest BCUT2D eigenvalue weighted by molar-refractivity contribution is 7.90. The molecule has 2 aromatic carbocycles. The zero-order chi connectivity index (χ0) is 33.7. The molecule has 0 N–H and O–H groups in total. The van der Waals surface area contributed by atoms with Crippen molar-refractivity contribution < 1.29 is 35.9 Å². The zero-order valence-corrected chi connectivity index (χ0v) is 28.8. The summed E-state index contributed by atoms with van der Waals surface area (Å²) < 4.78 is 66.9. The highest BCUT2D eigenvalue weighted by Crippen LogP contribution is 2.26. The van der Waals surface area contributed by atoms with E-state index < -0.39 is 56.0 Å². The van der Waals surface area contributed by atoms with Crippen molar-refractivity contribution in [1.29, 1.82) is 0 Å². The van der Waals surface area contributed by atoms with E-state index in [0.717, 1.165) is 11.1 Å². The molecule has 242 valence electrons. The Kier molecular flexibility index (Phi) is 11.7. The third-order valence-corrected chi connectivity index (χ3v) is 9.34. The van der Waals surface area contributed by atoms with Crippen LogP contribution in [0.2, 0.25) is 0 Å². The first kappa shape index (κ1) is 36.6. The van der Waals surface area contributed by atoms with Gasteiger partial charge >= 0.3 is 12.2 Å². The molecule has 0 radical (unpaired) electrons. The number of ether oxygens (including phenoxy) is 2. The Morgan fingerprint density at radius 2 is 1.14 bits per heavy atom. The molecule has 0 fully saturated rings. The lowest BCUT2D eigenvalue weighted by atomic mass is 10.0. The van der Waals surface area contributed by atoms with Crippen molar-refractivity contribution in [3.63, 3.8) is 0 Å². The average molecular weight is 649 g/mol. The Morgan fingerprint density at radius 1 is 0.727 bits per heavy atom. The molecule has 10 nitrogen and oxygen atoms in total.